The first-order valence-electron chi connectivity index (χ1n) is 4.91. The van der Waals surface area contributed by atoms with Gasteiger partial charge < -0.3 is 5.32 Å². The Morgan fingerprint density at radius 1 is 1.57 bits per heavy atom. The highest BCUT2D eigenvalue weighted by Gasteiger charge is 2.16. The molecule has 0 amide bonds. The lowest BCUT2D eigenvalue weighted by Crippen LogP contribution is -2.24. The van der Waals surface area contributed by atoms with E-state index < -0.39 is 0 Å². The molecule has 1 aromatic rings. The second-order valence-electron chi connectivity index (χ2n) is 3.42. The van der Waals surface area contributed by atoms with E-state index in [0.29, 0.717) is 6.04 Å². The molecule has 0 saturated carbocycles. The summed E-state index contributed by atoms with van der Waals surface area (Å²) in [6.45, 7) is 2.24. The van der Waals surface area contributed by atoms with Crippen molar-refractivity contribution in [1.29, 1.82) is 0 Å². The maximum absolute atomic E-state index is 3.57. The third-order valence-corrected chi connectivity index (χ3v) is 4.42. The fraction of sp³-hybridized carbons (Fsp3) is 0.455. The van der Waals surface area contributed by atoms with Crippen molar-refractivity contribution in [2.75, 3.05) is 17.3 Å². The molecule has 0 spiro atoms. The molecule has 3 heteroatoms. The molecule has 0 radical (unpaired) electrons. The molecule has 76 valence electrons. The van der Waals surface area contributed by atoms with Crippen LogP contribution in [0.15, 0.2) is 28.0 Å². The van der Waals surface area contributed by atoms with Gasteiger partial charge in [-0.2, -0.15) is 0 Å². The summed E-state index contributed by atoms with van der Waals surface area (Å²) in [5.41, 5.74) is 1.31. The normalized spacial score (nSPS) is 20.0. The molecule has 1 aromatic carbocycles. The van der Waals surface area contributed by atoms with Crippen LogP contribution in [0.2, 0.25) is 0 Å². The van der Waals surface area contributed by atoms with Gasteiger partial charge in [-0.25, -0.2) is 0 Å². The minimum Gasteiger partial charge on any atom is -0.381 e. The van der Waals surface area contributed by atoms with Gasteiger partial charge in [-0.3, -0.25) is 0 Å². The smallest absolute Gasteiger partial charge is 0.0481 e. The van der Waals surface area contributed by atoms with Crippen molar-refractivity contribution in [2.45, 2.75) is 29.2 Å². The molecule has 0 saturated heterocycles. The molecule has 1 N–H and O–H groups in total. The summed E-state index contributed by atoms with van der Waals surface area (Å²) in [5.74, 6) is 1.20. The minimum absolute atomic E-state index is 0.646. The second-order valence-corrected chi connectivity index (χ2v) is 5.36. The van der Waals surface area contributed by atoms with Crippen molar-refractivity contribution in [3.05, 3.63) is 18.2 Å². The molecule has 1 aliphatic heterocycles. The van der Waals surface area contributed by atoms with E-state index in [-0.39, 0.29) is 0 Å². The number of hydrogen-bond acceptors (Lipinski definition) is 3. The maximum atomic E-state index is 3.57. The lowest BCUT2D eigenvalue weighted by atomic mass is 10.2. The van der Waals surface area contributed by atoms with Crippen LogP contribution < -0.4 is 5.32 Å². The second kappa shape index (κ2) is 4.49. The first kappa shape index (κ1) is 10.2. The zero-order valence-electron chi connectivity index (χ0n) is 8.54. The molecule has 1 atom stereocenters. The first-order valence-corrected chi connectivity index (χ1v) is 7.12. The third kappa shape index (κ3) is 2.04. The fourth-order valence-corrected chi connectivity index (χ4v) is 3.25. The Hall–Kier alpha value is -0.280. The van der Waals surface area contributed by atoms with E-state index in [2.05, 4.69) is 36.7 Å². The van der Waals surface area contributed by atoms with Gasteiger partial charge in [0.25, 0.3) is 0 Å². The molecule has 0 aliphatic carbocycles. The van der Waals surface area contributed by atoms with Gasteiger partial charge in [-0.1, -0.05) is 6.92 Å². The van der Waals surface area contributed by atoms with Crippen molar-refractivity contribution in [3.63, 3.8) is 0 Å². The molecule has 1 aliphatic rings. The number of nitrogens with one attached hydrogen (secondary N) is 1. The summed E-state index contributed by atoms with van der Waals surface area (Å²) in [6, 6.07) is 7.32. The molecule has 2 rings (SSSR count). The van der Waals surface area contributed by atoms with Gasteiger partial charge in [-0.05, 0) is 30.9 Å². The van der Waals surface area contributed by atoms with Crippen LogP contribution in [0, 0.1) is 0 Å². The molecule has 0 bridgehead atoms. The van der Waals surface area contributed by atoms with E-state index in [1.54, 1.807) is 0 Å². The Labute approximate surface area is 94.0 Å². The summed E-state index contributed by atoms with van der Waals surface area (Å²) < 4.78 is 0. The summed E-state index contributed by atoms with van der Waals surface area (Å²) >= 11 is 3.78. The molecule has 1 heterocycles. The van der Waals surface area contributed by atoms with E-state index in [1.807, 2.05) is 23.5 Å². The molecule has 14 heavy (non-hydrogen) atoms. The molecule has 1 unspecified atom stereocenters. The average Bonchev–Trinajstić information content (AvgIpc) is 2.27. The van der Waals surface area contributed by atoms with Crippen LogP contribution in [-0.2, 0) is 0 Å². The standard InChI is InChI=1S/C11H15NS2/c1-3-8-7-14-11-6-9(13-2)4-5-10(11)12-8/h4-6,8,12H,3,7H2,1-2H3. The predicted molar refractivity (Wildman–Crippen MR) is 66.6 cm³/mol. The number of hydrogen-bond donors (Lipinski definition) is 1. The van der Waals surface area contributed by atoms with Crippen LogP contribution in [-0.4, -0.2) is 18.1 Å². The Morgan fingerprint density at radius 3 is 3.14 bits per heavy atom. The Morgan fingerprint density at radius 2 is 2.43 bits per heavy atom. The lowest BCUT2D eigenvalue weighted by Gasteiger charge is -2.25. The van der Waals surface area contributed by atoms with Crippen LogP contribution in [0.1, 0.15) is 13.3 Å². The number of anilines is 1. The van der Waals surface area contributed by atoms with Gasteiger partial charge in [0.2, 0.25) is 0 Å². The SMILES string of the molecule is CCC1CSc2cc(SC)ccc2N1. The highest BCUT2D eigenvalue weighted by atomic mass is 32.2. The highest BCUT2D eigenvalue weighted by molar-refractivity contribution is 8.00. The van der Waals surface area contributed by atoms with Gasteiger partial charge in [0.05, 0.1) is 0 Å². The van der Waals surface area contributed by atoms with Crippen molar-refractivity contribution in [3.8, 4) is 0 Å². The van der Waals surface area contributed by atoms with Crippen LogP contribution in [0.5, 0.6) is 0 Å². The predicted octanol–water partition coefficient (Wildman–Crippen LogP) is 3.70. The molecular weight excluding hydrogens is 210 g/mol. The van der Waals surface area contributed by atoms with Gasteiger partial charge in [0, 0.05) is 27.3 Å². The number of benzene rings is 1. The highest BCUT2D eigenvalue weighted by Crippen LogP contribution is 2.36. The van der Waals surface area contributed by atoms with Crippen LogP contribution in [0.4, 0.5) is 5.69 Å². The zero-order chi connectivity index (χ0) is 9.97. The van der Waals surface area contributed by atoms with E-state index in [9.17, 15) is 0 Å². The van der Waals surface area contributed by atoms with Crippen LogP contribution in [0.25, 0.3) is 0 Å². The Balaban J connectivity index is 2.23. The number of fused-ring (bicyclic) bond motifs is 1. The Kier molecular flexibility index (Phi) is 3.29. The summed E-state index contributed by atoms with van der Waals surface area (Å²) in [4.78, 5) is 2.76. The maximum Gasteiger partial charge on any atom is 0.0481 e. The average molecular weight is 225 g/mol. The van der Waals surface area contributed by atoms with Gasteiger partial charge >= 0.3 is 0 Å². The van der Waals surface area contributed by atoms with E-state index in [4.69, 9.17) is 0 Å². The van der Waals surface area contributed by atoms with Gasteiger partial charge in [-0.15, -0.1) is 23.5 Å². The van der Waals surface area contributed by atoms with Crippen LogP contribution in [0.3, 0.4) is 0 Å². The summed E-state index contributed by atoms with van der Waals surface area (Å²) in [5, 5.41) is 3.57. The van der Waals surface area contributed by atoms with Gasteiger partial charge in [0.15, 0.2) is 0 Å². The van der Waals surface area contributed by atoms with Crippen molar-refractivity contribution < 1.29 is 0 Å². The summed E-state index contributed by atoms with van der Waals surface area (Å²) in [7, 11) is 0. The first-order chi connectivity index (χ1) is 6.83. The lowest BCUT2D eigenvalue weighted by molar-refractivity contribution is 0.764. The van der Waals surface area contributed by atoms with Crippen LogP contribution >= 0.6 is 23.5 Å². The summed E-state index contributed by atoms with van der Waals surface area (Å²) in [6.07, 6.45) is 3.33. The molecule has 1 nitrogen and oxygen atoms in total. The van der Waals surface area contributed by atoms with Crippen molar-refractivity contribution in [1.82, 2.24) is 0 Å². The van der Waals surface area contributed by atoms with E-state index in [0.717, 1.165) is 0 Å². The molecule has 0 aromatic heterocycles. The monoisotopic (exact) mass is 225 g/mol. The van der Waals surface area contributed by atoms with E-state index >= 15 is 0 Å². The largest absolute Gasteiger partial charge is 0.381 e. The minimum atomic E-state index is 0.646. The van der Waals surface area contributed by atoms with Crippen molar-refractivity contribution in [2.24, 2.45) is 0 Å². The topological polar surface area (TPSA) is 12.0 Å². The van der Waals surface area contributed by atoms with Crippen molar-refractivity contribution >= 4 is 29.2 Å². The molecule has 0 fully saturated rings. The van der Waals surface area contributed by atoms with Gasteiger partial charge in [0.1, 0.15) is 0 Å². The van der Waals surface area contributed by atoms with E-state index in [1.165, 1.54) is 27.7 Å². The fourth-order valence-electron chi connectivity index (χ4n) is 1.54. The quantitative estimate of drug-likeness (QED) is 0.771. The zero-order valence-corrected chi connectivity index (χ0v) is 10.2. The molecular formula is C11H15NS2. The Bertz CT molecular complexity index is 325. The third-order valence-electron chi connectivity index (χ3n) is 2.48. The number of rotatable bonds is 2. The number of thioether (sulfide) groups is 2.